The van der Waals surface area contributed by atoms with Crippen LogP contribution in [0.25, 0.3) is 21.2 Å². The SMILES string of the molecule is COc1ccc(OC)c2sc(NNC(=O)c3cc4ccccc4oc3=O)nc12. The van der Waals surface area contributed by atoms with E-state index in [9.17, 15) is 9.59 Å². The predicted octanol–water partition coefficient (Wildman–Crippen LogP) is 3.18. The van der Waals surface area contributed by atoms with Gasteiger partial charge in [-0.25, -0.2) is 9.78 Å². The zero-order valence-electron chi connectivity index (χ0n) is 14.9. The van der Waals surface area contributed by atoms with E-state index in [0.29, 0.717) is 33.1 Å². The molecule has 0 fully saturated rings. The molecule has 4 rings (SSSR count). The predicted molar refractivity (Wildman–Crippen MR) is 106 cm³/mol. The van der Waals surface area contributed by atoms with E-state index in [4.69, 9.17) is 13.9 Å². The zero-order valence-corrected chi connectivity index (χ0v) is 15.8. The highest BCUT2D eigenvalue weighted by molar-refractivity contribution is 7.22. The Morgan fingerprint density at radius 2 is 1.86 bits per heavy atom. The largest absolute Gasteiger partial charge is 0.495 e. The van der Waals surface area contributed by atoms with Crippen molar-refractivity contribution in [2.45, 2.75) is 0 Å². The Balaban J connectivity index is 1.60. The van der Waals surface area contributed by atoms with Crippen molar-refractivity contribution < 1.29 is 18.7 Å². The Morgan fingerprint density at radius 3 is 2.64 bits per heavy atom. The Labute approximate surface area is 162 Å². The molecule has 0 spiro atoms. The summed E-state index contributed by atoms with van der Waals surface area (Å²) in [6, 6.07) is 12.0. The van der Waals surface area contributed by atoms with Crippen molar-refractivity contribution in [3.63, 3.8) is 0 Å². The number of nitrogens with zero attached hydrogens (tertiary/aromatic N) is 1. The van der Waals surface area contributed by atoms with Crippen LogP contribution in [0.3, 0.4) is 0 Å². The Morgan fingerprint density at radius 1 is 1.11 bits per heavy atom. The molecule has 2 aromatic carbocycles. The van der Waals surface area contributed by atoms with Crippen LogP contribution in [0.1, 0.15) is 10.4 Å². The molecule has 0 aliphatic carbocycles. The monoisotopic (exact) mass is 397 g/mol. The van der Waals surface area contributed by atoms with Crippen LogP contribution >= 0.6 is 11.3 Å². The van der Waals surface area contributed by atoms with Gasteiger partial charge < -0.3 is 13.9 Å². The second-order valence-corrected chi connectivity index (χ2v) is 6.73. The first-order valence-corrected chi connectivity index (χ1v) is 9.03. The van der Waals surface area contributed by atoms with Crippen molar-refractivity contribution in [1.82, 2.24) is 10.4 Å². The van der Waals surface area contributed by atoms with Gasteiger partial charge in [0.25, 0.3) is 5.91 Å². The number of carbonyl (C=O) groups excluding carboxylic acids is 1. The number of hydrazine groups is 1. The summed E-state index contributed by atoms with van der Waals surface area (Å²) in [6.07, 6.45) is 0. The minimum absolute atomic E-state index is 0.109. The van der Waals surface area contributed by atoms with Crippen molar-refractivity contribution in [2.75, 3.05) is 19.6 Å². The van der Waals surface area contributed by atoms with Gasteiger partial charge >= 0.3 is 5.63 Å². The second-order valence-electron chi connectivity index (χ2n) is 5.73. The number of fused-ring (bicyclic) bond motifs is 2. The van der Waals surface area contributed by atoms with Crippen LogP contribution in [0.2, 0.25) is 0 Å². The van der Waals surface area contributed by atoms with Crippen LogP contribution in [0.15, 0.2) is 51.7 Å². The number of para-hydroxylation sites is 1. The van der Waals surface area contributed by atoms with Gasteiger partial charge in [0.15, 0.2) is 0 Å². The van der Waals surface area contributed by atoms with E-state index < -0.39 is 11.5 Å². The maximum atomic E-state index is 12.4. The lowest BCUT2D eigenvalue weighted by atomic mass is 10.2. The molecule has 0 radical (unpaired) electrons. The van der Waals surface area contributed by atoms with E-state index in [1.807, 2.05) is 0 Å². The van der Waals surface area contributed by atoms with Crippen LogP contribution in [-0.2, 0) is 0 Å². The fourth-order valence-electron chi connectivity index (χ4n) is 2.74. The van der Waals surface area contributed by atoms with Gasteiger partial charge in [-0.05, 0) is 24.3 Å². The first kappa shape index (κ1) is 17.8. The third kappa shape index (κ3) is 3.12. The number of methoxy groups -OCH3 is 2. The van der Waals surface area contributed by atoms with Crippen LogP contribution in [0.4, 0.5) is 5.13 Å². The minimum atomic E-state index is -0.717. The Hall–Kier alpha value is -3.59. The van der Waals surface area contributed by atoms with Crippen molar-refractivity contribution >= 4 is 43.6 Å². The number of amides is 1. The fourth-order valence-corrected chi connectivity index (χ4v) is 3.66. The van der Waals surface area contributed by atoms with Gasteiger partial charge in [-0.1, -0.05) is 29.5 Å². The third-order valence-electron chi connectivity index (χ3n) is 4.08. The lowest BCUT2D eigenvalue weighted by molar-refractivity contribution is 0.0959. The number of anilines is 1. The van der Waals surface area contributed by atoms with Gasteiger partial charge in [0, 0.05) is 5.39 Å². The molecule has 142 valence electrons. The molecule has 8 nitrogen and oxygen atoms in total. The average molecular weight is 397 g/mol. The summed E-state index contributed by atoms with van der Waals surface area (Å²) >= 11 is 1.28. The van der Waals surface area contributed by atoms with Gasteiger partial charge in [0.1, 0.15) is 32.9 Å². The number of carbonyl (C=O) groups is 1. The van der Waals surface area contributed by atoms with Crippen LogP contribution in [0.5, 0.6) is 11.5 Å². The topological polar surface area (TPSA) is 103 Å². The first-order valence-electron chi connectivity index (χ1n) is 8.21. The summed E-state index contributed by atoms with van der Waals surface area (Å²) in [7, 11) is 3.11. The second kappa shape index (κ2) is 7.20. The Kier molecular flexibility index (Phi) is 4.58. The molecule has 4 aromatic rings. The molecule has 1 amide bonds. The molecule has 2 aromatic heterocycles. The van der Waals surface area contributed by atoms with Gasteiger partial charge in [-0.15, -0.1) is 0 Å². The van der Waals surface area contributed by atoms with Crippen LogP contribution < -0.4 is 26.0 Å². The quantitative estimate of drug-likeness (QED) is 0.394. The molecule has 0 bridgehead atoms. The first-order chi connectivity index (χ1) is 13.6. The lowest BCUT2D eigenvalue weighted by Gasteiger charge is -2.05. The fraction of sp³-hybridized carbons (Fsp3) is 0.105. The van der Waals surface area contributed by atoms with Gasteiger partial charge in [-0.3, -0.25) is 15.6 Å². The van der Waals surface area contributed by atoms with E-state index in [0.717, 1.165) is 4.70 Å². The van der Waals surface area contributed by atoms with Gasteiger partial charge in [0.2, 0.25) is 5.13 Å². The molecule has 0 unspecified atom stereocenters. The molecule has 0 saturated carbocycles. The highest BCUT2D eigenvalue weighted by Crippen LogP contribution is 2.38. The number of hydrogen-bond donors (Lipinski definition) is 2. The van der Waals surface area contributed by atoms with Gasteiger partial charge in [-0.2, -0.15) is 0 Å². The number of rotatable bonds is 5. The Bertz CT molecular complexity index is 1210. The molecule has 0 aliphatic heterocycles. The van der Waals surface area contributed by atoms with Crippen molar-refractivity contribution in [1.29, 1.82) is 0 Å². The molecular formula is C19H15N3O5S. The molecule has 0 atom stereocenters. The number of nitrogens with one attached hydrogen (secondary N) is 2. The standard InChI is InChI=1S/C19H15N3O5S/c1-25-13-7-8-14(26-2)16-15(13)20-19(28-16)22-21-17(23)11-9-10-5-3-4-6-12(10)27-18(11)24/h3-9H,1-2H3,(H,20,22)(H,21,23). The maximum absolute atomic E-state index is 12.4. The van der Waals surface area contributed by atoms with Crippen molar-refractivity contribution in [2.24, 2.45) is 0 Å². The number of aromatic nitrogens is 1. The van der Waals surface area contributed by atoms with E-state index in [2.05, 4.69) is 15.8 Å². The van der Waals surface area contributed by atoms with E-state index in [1.54, 1.807) is 50.6 Å². The van der Waals surface area contributed by atoms with E-state index >= 15 is 0 Å². The van der Waals surface area contributed by atoms with Crippen molar-refractivity contribution in [3.05, 3.63) is 58.4 Å². The number of benzene rings is 2. The summed E-state index contributed by atoms with van der Waals surface area (Å²) in [5, 5.41) is 1.07. The highest BCUT2D eigenvalue weighted by atomic mass is 32.1. The molecule has 2 N–H and O–H groups in total. The molecule has 28 heavy (non-hydrogen) atoms. The highest BCUT2D eigenvalue weighted by Gasteiger charge is 2.16. The normalized spacial score (nSPS) is 10.8. The summed E-state index contributed by atoms with van der Waals surface area (Å²) < 4.78 is 16.6. The molecule has 9 heteroatoms. The van der Waals surface area contributed by atoms with Crippen LogP contribution in [-0.4, -0.2) is 25.1 Å². The molecular weight excluding hydrogens is 382 g/mol. The lowest BCUT2D eigenvalue weighted by Crippen LogP contribution is -2.32. The maximum Gasteiger partial charge on any atom is 0.349 e. The minimum Gasteiger partial charge on any atom is -0.495 e. The van der Waals surface area contributed by atoms with Crippen LogP contribution in [0, 0.1) is 0 Å². The number of hydrogen-bond acceptors (Lipinski definition) is 8. The average Bonchev–Trinajstić information content (AvgIpc) is 3.15. The zero-order chi connectivity index (χ0) is 19.7. The third-order valence-corrected chi connectivity index (χ3v) is 5.06. The van der Waals surface area contributed by atoms with E-state index in [1.165, 1.54) is 17.4 Å². The molecule has 0 aliphatic rings. The number of thiazole rings is 1. The smallest absolute Gasteiger partial charge is 0.349 e. The number of ether oxygens (including phenoxy) is 2. The van der Waals surface area contributed by atoms with Crippen molar-refractivity contribution in [3.8, 4) is 11.5 Å². The van der Waals surface area contributed by atoms with E-state index in [-0.39, 0.29) is 5.56 Å². The summed E-state index contributed by atoms with van der Waals surface area (Å²) in [5.41, 5.74) is 5.40. The molecule has 0 saturated heterocycles. The van der Waals surface area contributed by atoms with Gasteiger partial charge in [0.05, 0.1) is 14.2 Å². The summed E-state index contributed by atoms with van der Waals surface area (Å²) in [5.74, 6) is 0.599. The summed E-state index contributed by atoms with van der Waals surface area (Å²) in [6.45, 7) is 0. The summed E-state index contributed by atoms with van der Waals surface area (Å²) in [4.78, 5) is 28.9. The molecule has 2 heterocycles.